The summed E-state index contributed by atoms with van der Waals surface area (Å²) in [7, 11) is 5.45. The first kappa shape index (κ1) is 25.0. The van der Waals surface area contributed by atoms with Crippen molar-refractivity contribution in [1.82, 2.24) is 4.90 Å². The summed E-state index contributed by atoms with van der Waals surface area (Å²) in [5.41, 5.74) is 1.50. The molecule has 1 aromatic carbocycles. The zero-order valence-corrected chi connectivity index (χ0v) is 23.6. The zero-order chi connectivity index (χ0) is 25.7. The topological polar surface area (TPSA) is 51.2 Å². The monoisotopic (exact) mass is 497 g/mol. The first-order valence-electron chi connectivity index (χ1n) is 14.2. The molecule has 200 valence electrons. The van der Waals surface area contributed by atoms with Crippen molar-refractivity contribution in [3.8, 4) is 11.5 Å². The molecular weight excluding hydrogens is 450 g/mol. The standard InChI is InChI=1S/C31H47NO4/c1-27(2,3)28(4,33)23-17-29-12-13-31(23,36-7)19-30(29)14-15-32(18-20-8-9-20)24(29)16-21-10-11-22(34-5)26(35-6)25(21)30/h10-11,20,23-24,33H,8-9,12-19H2,1-7H3/t23-,24-,28+,29-,30-,31-/m1/s1. The van der Waals surface area contributed by atoms with E-state index in [0.717, 1.165) is 62.5 Å². The van der Waals surface area contributed by atoms with Crippen molar-refractivity contribution < 1.29 is 19.3 Å². The predicted molar refractivity (Wildman–Crippen MR) is 142 cm³/mol. The second kappa shape index (κ2) is 7.86. The van der Waals surface area contributed by atoms with Gasteiger partial charge in [-0.15, -0.1) is 0 Å². The van der Waals surface area contributed by atoms with E-state index >= 15 is 0 Å². The molecule has 5 fully saturated rings. The second-order valence-electron chi connectivity index (χ2n) is 14.1. The van der Waals surface area contributed by atoms with Crippen LogP contribution in [-0.2, 0) is 16.6 Å². The molecule has 5 nitrogen and oxygen atoms in total. The predicted octanol–water partition coefficient (Wildman–Crippen LogP) is 5.35. The minimum Gasteiger partial charge on any atom is -0.493 e. The van der Waals surface area contributed by atoms with Crippen LogP contribution >= 0.6 is 0 Å². The molecule has 4 bridgehead atoms. The van der Waals surface area contributed by atoms with Gasteiger partial charge in [-0.05, 0) is 93.2 Å². The largest absolute Gasteiger partial charge is 0.493 e. The Balaban J connectivity index is 1.57. The molecule has 0 aromatic heterocycles. The molecule has 0 radical (unpaired) electrons. The number of piperidine rings is 1. The van der Waals surface area contributed by atoms with E-state index in [2.05, 4.69) is 44.7 Å². The fourth-order valence-corrected chi connectivity index (χ4v) is 9.45. The number of likely N-dealkylation sites (tertiary alicyclic amines) is 1. The van der Waals surface area contributed by atoms with Gasteiger partial charge in [0.05, 0.1) is 25.4 Å². The SMILES string of the molecule is COc1ccc2c(c1OC)[C@]13CCN(CC4CC4)[C@H](C2)[C@]12CC[C@@](OC)(C3)[C@@H]([C@](C)(O)C(C)(C)C)C2. The van der Waals surface area contributed by atoms with Gasteiger partial charge in [0.15, 0.2) is 11.5 Å². The van der Waals surface area contributed by atoms with Crippen LogP contribution in [0.2, 0.25) is 0 Å². The van der Waals surface area contributed by atoms with Crippen LogP contribution < -0.4 is 9.47 Å². The molecule has 0 amide bonds. The Morgan fingerprint density at radius 1 is 1.03 bits per heavy atom. The quantitative estimate of drug-likeness (QED) is 0.574. The van der Waals surface area contributed by atoms with E-state index in [9.17, 15) is 5.11 Å². The average Bonchev–Trinajstić information content (AvgIpc) is 3.67. The van der Waals surface area contributed by atoms with Crippen LogP contribution in [0.5, 0.6) is 11.5 Å². The number of rotatable bonds is 6. The maximum Gasteiger partial charge on any atom is 0.164 e. The number of fused-ring (bicyclic) bond motifs is 3. The van der Waals surface area contributed by atoms with Crippen LogP contribution in [0, 0.1) is 22.7 Å². The van der Waals surface area contributed by atoms with E-state index in [1.165, 1.54) is 30.5 Å². The summed E-state index contributed by atoms with van der Waals surface area (Å²) in [5, 5.41) is 12.2. The van der Waals surface area contributed by atoms with Gasteiger partial charge in [-0.25, -0.2) is 0 Å². The summed E-state index contributed by atoms with van der Waals surface area (Å²) in [4.78, 5) is 2.86. The Labute approximate surface area is 217 Å². The van der Waals surface area contributed by atoms with Gasteiger partial charge in [-0.3, -0.25) is 4.90 Å². The van der Waals surface area contributed by atoms with Gasteiger partial charge >= 0.3 is 0 Å². The highest BCUT2D eigenvalue weighted by Gasteiger charge is 2.75. The van der Waals surface area contributed by atoms with E-state index in [4.69, 9.17) is 14.2 Å². The van der Waals surface area contributed by atoms with Crippen molar-refractivity contribution in [3.63, 3.8) is 0 Å². The van der Waals surface area contributed by atoms with Crippen molar-refractivity contribution in [2.24, 2.45) is 22.7 Å². The summed E-state index contributed by atoms with van der Waals surface area (Å²) in [5.74, 6) is 2.74. The van der Waals surface area contributed by atoms with Crippen LogP contribution in [0.3, 0.4) is 0 Å². The van der Waals surface area contributed by atoms with Crippen LogP contribution in [0.15, 0.2) is 12.1 Å². The number of nitrogens with zero attached hydrogens (tertiary/aromatic N) is 1. The number of methoxy groups -OCH3 is 3. The van der Waals surface area contributed by atoms with Gasteiger partial charge < -0.3 is 19.3 Å². The second-order valence-corrected chi connectivity index (χ2v) is 14.1. The molecular formula is C31H47NO4. The lowest BCUT2D eigenvalue weighted by atomic mass is 9.33. The Bertz CT molecular complexity index is 1040. The van der Waals surface area contributed by atoms with Crippen LogP contribution in [0.1, 0.15) is 83.8 Å². The lowest BCUT2D eigenvalue weighted by Gasteiger charge is -2.75. The maximum absolute atomic E-state index is 12.2. The van der Waals surface area contributed by atoms with E-state index in [1.54, 1.807) is 14.2 Å². The molecule has 36 heavy (non-hydrogen) atoms. The summed E-state index contributed by atoms with van der Waals surface area (Å²) in [6, 6.07) is 4.92. The van der Waals surface area contributed by atoms with Crippen molar-refractivity contribution in [1.29, 1.82) is 0 Å². The third kappa shape index (κ3) is 3.06. The smallest absolute Gasteiger partial charge is 0.164 e. The van der Waals surface area contributed by atoms with Crippen LogP contribution in [0.4, 0.5) is 0 Å². The molecule has 6 aliphatic rings. The van der Waals surface area contributed by atoms with Gasteiger partial charge in [0.1, 0.15) is 0 Å². The Morgan fingerprint density at radius 2 is 1.78 bits per heavy atom. The van der Waals surface area contributed by atoms with Gasteiger partial charge in [-0.2, -0.15) is 0 Å². The summed E-state index contributed by atoms with van der Waals surface area (Å²) in [6.45, 7) is 11.0. The fraction of sp³-hybridized carbons (Fsp3) is 0.806. The molecule has 1 aromatic rings. The molecule has 1 saturated heterocycles. The number of benzene rings is 1. The molecule has 5 aliphatic carbocycles. The summed E-state index contributed by atoms with van der Waals surface area (Å²) < 4.78 is 18.6. The molecule has 7 rings (SSSR count). The molecule has 0 unspecified atom stereocenters. The zero-order valence-electron chi connectivity index (χ0n) is 23.6. The van der Waals surface area contributed by atoms with Crippen molar-refractivity contribution in [2.45, 2.75) is 102 Å². The first-order valence-corrected chi connectivity index (χ1v) is 14.2. The van der Waals surface area contributed by atoms with E-state index in [1.807, 2.05) is 7.11 Å². The third-order valence-corrected chi connectivity index (χ3v) is 12.0. The minimum atomic E-state index is -0.827. The molecule has 5 heteroatoms. The van der Waals surface area contributed by atoms with Gasteiger partial charge in [0.2, 0.25) is 0 Å². The van der Waals surface area contributed by atoms with E-state index < -0.39 is 5.60 Å². The van der Waals surface area contributed by atoms with E-state index in [0.29, 0.717) is 6.04 Å². The minimum absolute atomic E-state index is 0.0239. The third-order valence-electron chi connectivity index (χ3n) is 12.0. The summed E-state index contributed by atoms with van der Waals surface area (Å²) >= 11 is 0. The molecule has 6 atom stereocenters. The summed E-state index contributed by atoms with van der Waals surface area (Å²) in [6.07, 6.45) is 9.11. The van der Waals surface area contributed by atoms with Gasteiger partial charge in [0.25, 0.3) is 0 Å². The number of hydrogen-bond donors (Lipinski definition) is 1. The van der Waals surface area contributed by atoms with Crippen molar-refractivity contribution in [2.75, 3.05) is 34.4 Å². The maximum atomic E-state index is 12.2. The lowest BCUT2D eigenvalue weighted by molar-refractivity contribution is -0.282. The van der Waals surface area contributed by atoms with E-state index in [-0.39, 0.29) is 27.8 Å². The first-order chi connectivity index (χ1) is 17.0. The Hall–Kier alpha value is -1.30. The Kier molecular flexibility index (Phi) is 5.46. The van der Waals surface area contributed by atoms with Crippen molar-refractivity contribution in [3.05, 3.63) is 23.3 Å². The fourth-order valence-electron chi connectivity index (χ4n) is 9.45. The van der Waals surface area contributed by atoms with Gasteiger partial charge in [-0.1, -0.05) is 26.8 Å². The number of hydrogen-bond acceptors (Lipinski definition) is 5. The highest BCUT2D eigenvalue weighted by Crippen LogP contribution is 2.75. The highest BCUT2D eigenvalue weighted by molar-refractivity contribution is 5.59. The number of ether oxygens (including phenoxy) is 3. The Morgan fingerprint density at radius 3 is 2.39 bits per heavy atom. The van der Waals surface area contributed by atoms with Gasteiger partial charge in [0, 0.05) is 36.6 Å². The molecule has 1 aliphatic heterocycles. The average molecular weight is 498 g/mol. The van der Waals surface area contributed by atoms with Crippen LogP contribution in [-0.4, -0.2) is 61.7 Å². The van der Waals surface area contributed by atoms with Crippen LogP contribution in [0.25, 0.3) is 0 Å². The molecule has 1 N–H and O–H groups in total. The molecule has 1 spiro atoms. The normalized spacial score (nSPS) is 39.2. The lowest BCUT2D eigenvalue weighted by Crippen LogP contribution is -2.78. The number of aliphatic hydroxyl groups is 1. The van der Waals surface area contributed by atoms with Crippen molar-refractivity contribution >= 4 is 0 Å². The highest BCUT2D eigenvalue weighted by atomic mass is 16.5. The molecule has 4 saturated carbocycles. The molecule has 1 heterocycles.